The first kappa shape index (κ1) is 21.4. The third-order valence-corrected chi connectivity index (χ3v) is 3.98. The molecule has 132 valence electrons. The minimum absolute atomic E-state index is 0.181. The van der Waals surface area contributed by atoms with Crippen LogP contribution in [0.2, 0.25) is 0 Å². The first-order chi connectivity index (χ1) is 10.8. The van der Waals surface area contributed by atoms with Crippen LogP contribution in [-0.4, -0.2) is 24.1 Å². The molecule has 0 aliphatic rings. The molecule has 0 radical (unpaired) electrons. The van der Waals surface area contributed by atoms with E-state index in [9.17, 15) is 4.79 Å². The van der Waals surface area contributed by atoms with Crippen molar-refractivity contribution in [1.29, 1.82) is 0 Å². The number of rotatable bonds is 16. The molecule has 0 aromatic heterocycles. The summed E-state index contributed by atoms with van der Waals surface area (Å²) in [7, 11) is 0. The van der Waals surface area contributed by atoms with E-state index in [0.29, 0.717) is 13.0 Å². The molecule has 22 heavy (non-hydrogen) atoms. The van der Waals surface area contributed by atoms with Gasteiger partial charge in [0, 0.05) is 13.0 Å². The molecule has 0 unspecified atom stereocenters. The van der Waals surface area contributed by atoms with Gasteiger partial charge in [0.1, 0.15) is 0 Å². The SMILES string of the molecule is CCCCCCCCCC(=O)N(CCCCC)OCCCC. The Morgan fingerprint density at radius 3 is 1.91 bits per heavy atom. The van der Waals surface area contributed by atoms with Crippen LogP contribution in [0.4, 0.5) is 0 Å². The summed E-state index contributed by atoms with van der Waals surface area (Å²) in [5.41, 5.74) is 0. The number of hydrogen-bond donors (Lipinski definition) is 0. The average Bonchev–Trinajstić information content (AvgIpc) is 2.52. The lowest BCUT2D eigenvalue weighted by Gasteiger charge is -2.22. The van der Waals surface area contributed by atoms with E-state index < -0.39 is 0 Å². The van der Waals surface area contributed by atoms with Gasteiger partial charge in [0.2, 0.25) is 5.91 Å². The molecule has 0 aliphatic heterocycles. The number of unbranched alkanes of at least 4 members (excludes halogenated alkanes) is 9. The van der Waals surface area contributed by atoms with Gasteiger partial charge in [-0.15, -0.1) is 0 Å². The number of nitrogens with zero attached hydrogens (tertiary/aromatic N) is 1. The van der Waals surface area contributed by atoms with Gasteiger partial charge in [-0.1, -0.05) is 78.6 Å². The van der Waals surface area contributed by atoms with Crippen molar-refractivity contribution in [3.63, 3.8) is 0 Å². The fraction of sp³-hybridized carbons (Fsp3) is 0.947. The monoisotopic (exact) mass is 313 g/mol. The molecule has 3 nitrogen and oxygen atoms in total. The molecule has 0 bridgehead atoms. The largest absolute Gasteiger partial charge is 0.273 e. The summed E-state index contributed by atoms with van der Waals surface area (Å²) in [5, 5.41) is 1.64. The van der Waals surface area contributed by atoms with Crippen molar-refractivity contribution in [2.45, 2.75) is 104 Å². The molecule has 0 N–H and O–H groups in total. The number of amides is 1. The second-order valence-corrected chi connectivity index (χ2v) is 6.26. The number of carbonyl (C=O) groups excluding carboxylic acids is 1. The molecule has 0 fully saturated rings. The highest BCUT2D eigenvalue weighted by atomic mass is 16.7. The van der Waals surface area contributed by atoms with Crippen molar-refractivity contribution in [2.75, 3.05) is 13.2 Å². The lowest BCUT2D eigenvalue weighted by Crippen LogP contribution is -2.32. The van der Waals surface area contributed by atoms with Crippen LogP contribution in [0.25, 0.3) is 0 Å². The van der Waals surface area contributed by atoms with Gasteiger partial charge in [-0.25, -0.2) is 5.06 Å². The van der Waals surface area contributed by atoms with E-state index in [1.165, 1.54) is 51.4 Å². The number of hydrogen-bond acceptors (Lipinski definition) is 2. The molecular weight excluding hydrogens is 274 g/mol. The molecular formula is C19H39NO2. The Labute approximate surface area is 138 Å². The first-order valence-electron chi connectivity index (χ1n) is 9.69. The molecule has 0 rings (SSSR count). The van der Waals surface area contributed by atoms with E-state index in [1.807, 2.05) is 0 Å². The van der Waals surface area contributed by atoms with Crippen LogP contribution < -0.4 is 0 Å². The van der Waals surface area contributed by atoms with Crippen molar-refractivity contribution in [2.24, 2.45) is 0 Å². The van der Waals surface area contributed by atoms with Crippen LogP contribution in [0.15, 0.2) is 0 Å². The predicted octanol–water partition coefficient (Wildman–Crippen LogP) is 5.88. The maximum Gasteiger partial charge on any atom is 0.246 e. The molecule has 0 aliphatic carbocycles. The van der Waals surface area contributed by atoms with Crippen molar-refractivity contribution in [1.82, 2.24) is 5.06 Å². The standard InChI is InChI=1S/C19H39NO2/c1-4-7-10-11-12-13-14-16-19(21)20(17-15-8-5-2)22-18-9-6-3/h4-18H2,1-3H3. The van der Waals surface area contributed by atoms with E-state index in [1.54, 1.807) is 5.06 Å². The summed E-state index contributed by atoms with van der Waals surface area (Å²) in [5.74, 6) is 0.181. The van der Waals surface area contributed by atoms with Gasteiger partial charge >= 0.3 is 0 Å². The quantitative estimate of drug-likeness (QED) is 0.263. The van der Waals surface area contributed by atoms with Crippen molar-refractivity contribution in [3.8, 4) is 0 Å². The summed E-state index contributed by atoms with van der Waals surface area (Å²) >= 11 is 0. The van der Waals surface area contributed by atoms with Crippen LogP contribution in [-0.2, 0) is 9.63 Å². The Balaban J connectivity index is 3.83. The van der Waals surface area contributed by atoms with Gasteiger partial charge in [0.25, 0.3) is 0 Å². The minimum Gasteiger partial charge on any atom is -0.273 e. The van der Waals surface area contributed by atoms with E-state index >= 15 is 0 Å². The molecule has 0 heterocycles. The van der Waals surface area contributed by atoms with Crippen molar-refractivity contribution < 1.29 is 9.63 Å². The van der Waals surface area contributed by atoms with Crippen LogP contribution in [0.3, 0.4) is 0 Å². The zero-order valence-corrected chi connectivity index (χ0v) is 15.4. The van der Waals surface area contributed by atoms with Gasteiger partial charge in [0.05, 0.1) is 6.61 Å². The number of hydroxylamine groups is 2. The van der Waals surface area contributed by atoms with Crippen LogP contribution >= 0.6 is 0 Å². The Kier molecular flexibility index (Phi) is 16.4. The molecule has 0 aromatic rings. The summed E-state index contributed by atoms with van der Waals surface area (Å²) in [6.07, 6.45) is 14.9. The van der Waals surface area contributed by atoms with Gasteiger partial charge in [-0.05, 0) is 19.3 Å². The van der Waals surface area contributed by atoms with Crippen molar-refractivity contribution >= 4 is 5.91 Å². The maximum absolute atomic E-state index is 12.3. The fourth-order valence-corrected chi connectivity index (χ4v) is 2.44. The molecule has 0 atom stereocenters. The van der Waals surface area contributed by atoms with Gasteiger partial charge in [0.15, 0.2) is 0 Å². The molecule has 0 saturated carbocycles. The second kappa shape index (κ2) is 16.8. The molecule has 0 saturated heterocycles. The minimum atomic E-state index is 0.181. The van der Waals surface area contributed by atoms with E-state index in [2.05, 4.69) is 20.8 Å². The Morgan fingerprint density at radius 1 is 0.727 bits per heavy atom. The van der Waals surface area contributed by atoms with Gasteiger partial charge < -0.3 is 0 Å². The summed E-state index contributed by atoms with van der Waals surface area (Å²) < 4.78 is 0. The Bertz CT molecular complexity index is 234. The van der Waals surface area contributed by atoms with E-state index in [0.717, 1.165) is 32.2 Å². The Hall–Kier alpha value is -0.570. The van der Waals surface area contributed by atoms with Crippen LogP contribution in [0, 0.1) is 0 Å². The number of carbonyl (C=O) groups is 1. The third kappa shape index (κ3) is 13.1. The second-order valence-electron chi connectivity index (χ2n) is 6.26. The average molecular weight is 314 g/mol. The van der Waals surface area contributed by atoms with Crippen LogP contribution in [0.1, 0.15) is 104 Å². The first-order valence-corrected chi connectivity index (χ1v) is 9.69. The Morgan fingerprint density at radius 2 is 1.27 bits per heavy atom. The van der Waals surface area contributed by atoms with Gasteiger partial charge in [-0.2, -0.15) is 0 Å². The molecule has 0 spiro atoms. The maximum atomic E-state index is 12.3. The normalized spacial score (nSPS) is 10.9. The van der Waals surface area contributed by atoms with Crippen molar-refractivity contribution in [3.05, 3.63) is 0 Å². The highest BCUT2D eigenvalue weighted by molar-refractivity contribution is 5.74. The topological polar surface area (TPSA) is 29.5 Å². The summed E-state index contributed by atoms with van der Waals surface area (Å²) in [4.78, 5) is 18.0. The zero-order valence-electron chi connectivity index (χ0n) is 15.4. The molecule has 1 amide bonds. The van der Waals surface area contributed by atoms with Gasteiger partial charge in [-0.3, -0.25) is 9.63 Å². The summed E-state index contributed by atoms with van der Waals surface area (Å²) in [6.45, 7) is 8.00. The lowest BCUT2D eigenvalue weighted by atomic mass is 10.1. The van der Waals surface area contributed by atoms with E-state index in [-0.39, 0.29) is 5.91 Å². The van der Waals surface area contributed by atoms with Crippen LogP contribution in [0.5, 0.6) is 0 Å². The fourth-order valence-electron chi connectivity index (χ4n) is 2.44. The molecule has 3 heteroatoms. The third-order valence-electron chi connectivity index (χ3n) is 3.98. The smallest absolute Gasteiger partial charge is 0.246 e. The highest BCUT2D eigenvalue weighted by Gasteiger charge is 2.13. The predicted molar refractivity (Wildman–Crippen MR) is 94.7 cm³/mol. The van der Waals surface area contributed by atoms with E-state index in [4.69, 9.17) is 4.84 Å². The lowest BCUT2D eigenvalue weighted by molar-refractivity contribution is -0.187. The summed E-state index contributed by atoms with van der Waals surface area (Å²) in [6, 6.07) is 0. The molecule has 0 aromatic carbocycles. The zero-order chi connectivity index (χ0) is 16.5. The highest BCUT2D eigenvalue weighted by Crippen LogP contribution is 2.11.